The van der Waals surface area contributed by atoms with Gasteiger partial charge in [0, 0.05) is 19.5 Å². The topological polar surface area (TPSA) is 36.3 Å². The lowest BCUT2D eigenvalue weighted by molar-refractivity contribution is 0.0709. The smallest absolute Gasteiger partial charge is 0.0959 e. The van der Waals surface area contributed by atoms with Crippen LogP contribution in [0.25, 0.3) is 0 Å². The van der Waals surface area contributed by atoms with Crippen molar-refractivity contribution in [3.63, 3.8) is 0 Å². The second kappa shape index (κ2) is 4.45. The number of rotatable bonds is 4. The van der Waals surface area contributed by atoms with Crippen LogP contribution in [0.3, 0.4) is 0 Å². The van der Waals surface area contributed by atoms with E-state index in [0.717, 1.165) is 38.4 Å². The Morgan fingerprint density at radius 1 is 1.58 bits per heavy atom. The minimum atomic E-state index is 0.307. The average molecular weight is 170 g/mol. The quantitative estimate of drug-likeness (QED) is 0.694. The van der Waals surface area contributed by atoms with E-state index in [1.165, 1.54) is 0 Å². The Balaban J connectivity index is 2.10. The number of likely N-dealkylation sites (tertiary alicyclic amines) is 1. The normalized spacial score (nSPS) is 17.9. The summed E-state index contributed by atoms with van der Waals surface area (Å²) in [7, 11) is 0. The summed E-state index contributed by atoms with van der Waals surface area (Å²) >= 11 is 0. The number of nitrogens with one attached hydrogen (secondary N) is 1. The second-order valence-electron chi connectivity index (χ2n) is 3.46. The van der Waals surface area contributed by atoms with Crippen LogP contribution >= 0.6 is 0 Å². The van der Waals surface area contributed by atoms with Crippen LogP contribution in [0, 0.1) is 5.41 Å². The van der Waals surface area contributed by atoms with Crippen molar-refractivity contribution < 1.29 is 4.74 Å². The van der Waals surface area contributed by atoms with E-state index in [-0.39, 0.29) is 0 Å². The van der Waals surface area contributed by atoms with E-state index in [0.29, 0.717) is 6.10 Å². The zero-order valence-corrected chi connectivity index (χ0v) is 7.97. The molecule has 0 unspecified atom stereocenters. The van der Waals surface area contributed by atoms with Gasteiger partial charge in [0.25, 0.3) is 0 Å². The fourth-order valence-electron chi connectivity index (χ4n) is 1.38. The first-order valence-corrected chi connectivity index (χ1v) is 4.64. The molecule has 0 amide bonds. The molecule has 3 nitrogen and oxygen atoms in total. The van der Waals surface area contributed by atoms with Crippen LogP contribution < -0.4 is 0 Å². The summed E-state index contributed by atoms with van der Waals surface area (Å²) in [5, 5.41) is 7.56. The number of hydrogen-bond acceptors (Lipinski definition) is 2. The molecule has 0 saturated carbocycles. The zero-order chi connectivity index (χ0) is 8.97. The lowest BCUT2D eigenvalue weighted by Crippen LogP contribution is -2.28. The molecule has 1 heterocycles. The predicted octanol–water partition coefficient (Wildman–Crippen LogP) is 1.48. The molecule has 1 aliphatic heterocycles. The number of nitrogens with zero attached hydrogens (tertiary/aromatic N) is 1. The Hall–Kier alpha value is -0.570. The molecule has 0 aromatic heterocycles. The van der Waals surface area contributed by atoms with E-state index in [1.807, 2.05) is 13.8 Å². The van der Waals surface area contributed by atoms with Gasteiger partial charge in [-0.1, -0.05) is 0 Å². The van der Waals surface area contributed by atoms with E-state index in [1.54, 1.807) is 0 Å². The molecule has 1 aliphatic rings. The maximum Gasteiger partial charge on any atom is 0.0959 e. The van der Waals surface area contributed by atoms with Crippen molar-refractivity contribution in [1.82, 2.24) is 4.90 Å². The summed E-state index contributed by atoms with van der Waals surface area (Å²) in [5.41, 5.74) is 0. The molecular formula is C9H18N2O. The third-order valence-corrected chi connectivity index (χ3v) is 2.04. The lowest BCUT2D eigenvalue weighted by Gasteiger charge is -2.18. The summed E-state index contributed by atoms with van der Waals surface area (Å²) in [6, 6.07) is 0. The number of hydrogen-bond donors (Lipinski definition) is 1. The third kappa shape index (κ3) is 2.81. The van der Waals surface area contributed by atoms with Crippen LogP contribution in [-0.4, -0.2) is 36.5 Å². The monoisotopic (exact) mass is 170 g/mol. The highest BCUT2D eigenvalue weighted by Gasteiger charge is 2.15. The van der Waals surface area contributed by atoms with E-state index < -0.39 is 0 Å². The molecule has 0 aromatic rings. The highest BCUT2D eigenvalue weighted by Crippen LogP contribution is 2.08. The second-order valence-corrected chi connectivity index (χ2v) is 3.46. The van der Waals surface area contributed by atoms with Crippen LogP contribution in [-0.2, 0) is 4.74 Å². The molecular weight excluding hydrogens is 152 g/mol. The maximum absolute atomic E-state index is 7.56. The van der Waals surface area contributed by atoms with Gasteiger partial charge in [-0.3, -0.25) is 5.41 Å². The molecule has 70 valence electrons. The Bertz CT molecular complexity index is 157. The van der Waals surface area contributed by atoms with Gasteiger partial charge in [0.2, 0.25) is 0 Å². The number of amidine groups is 1. The van der Waals surface area contributed by atoms with Crippen LogP contribution in [0.2, 0.25) is 0 Å². The molecule has 1 saturated heterocycles. The van der Waals surface area contributed by atoms with Gasteiger partial charge >= 0.3 is 0 Å². The maximum atomic E-state index is 7.56. The van der Waals surface area contributed by atoms with Crippen LogP contribution in [0.4, 0.5) is 0 Å². The highest BCUT2D eigenvalue weighted by atomic mass is 16.5. The Labute approximate surface area is 74.2 Å². The van der Waals surface area contributed by atoms with Crippen molar-refractivity contribution >= 4 is 5.84 Å². The SMILES string of the molecule is CC(C)OCCN1CCCC1=N. The van der Waals surface area contributed by atoms with Gasteiger partial charge in [0.1, 0.15) is 0 Å². The van der Waals surface area contributed by atoms with E-state index >= 15 is 0 Å². The molecule has 0 radical (unpaired) electrons. The molecule has 0 aromatic carbocycles. The Kier molecular flexibility index (Phi) is 3.53. The fourth-order valence-corrected chi connectivity index (χ4v) is 1.38. The molecule has 1 N–H and O–H groups in total. The molecule has 1 rings (SSSR count). The van der Waals surface area contributed by atoms with Gasteiger partial charge < -0.3 is 9.64 Å². The van der Waals surface area contributed by atoms with Crippen molar-refractivity contribution in [2.24, 2.45) is 0 Å². The standard InChI is InChI=1S/C9H18N2O/c1-8(2)12-7-6-11-5-3-4-9(11)10/h8,10H,3-7H2,1-2H3. The summed E-state index contributed by atoms with van der Waals surface area (Å²) in [5.74, 6) is 0.780. The van der Waals surface area contributed by atoms with Crippen LogP contribution in [0.5, 0.6) is 0 Å². The van der Waals surface area contributed by atoms with Crippen molar-refractivity contribution in [3.05, 3.63) is 0 Å². The largest absolute Gasteiger partial charge is 0.377 e. The summed E-state index contributed by atoms with van der Waals surface area (Å²) < 4.78 is 5.41. The first kappa shape index (κ1) is 9.52. The van der Waals surface area contributed by atoms with Gasteiger partial charge in [-0.25, -0.2) is 0 Å². The third-order valence-electron chi connectivity index (χ3n) is 2.04. The van der Waals surface area contributed by atoms with Gasteiger partial charge in [0.05, 0.1) is 18.5 Å². The molecule has 0 aliphatic carbocycles. The first-order valence-electron chi connectivity index (χ1n) is 4.64. The lowest BCUT2D eigenvalue weighted by atomic mass is 10.4. The molecule has 0 atom stereocenters. The summed E-state index contributed by atoms with van der Waals surface area (Å²) in [6.07, 6.45) is 2.39. The van der Waals surface area contributed by atoms with Crippen molar-refractivity contribution in [2.75, 3.05) is 19.7 Å². The van der Waals surface area contributed by atoms with Gasteiger partial charge in [0.15, 0.2) is 0 Å². The molecule has 3 heteroatoms. The molecule has 0 spiro atoms. The minimum absolute atomic E-state index is 0.307. The molecule has 1 fully saturated rings. The summed E-state index contributed by atoms with van der Waals surface area (Å²) in [4.78, 5) is 2.10. The first-order chi connectivity index (χ1) is 5.70. The van der Waals surface area contributed by atoms with Crippen molar-refractivity contribution in [3.8, 4) is 0 Å². The molecule has 12 heavy (non-hydrogen) atoms. The van der Waals surface area contributed by atoms with E-state index in [4.69, 9.17) is 10.1 Å². The highest BCUT2D eigenvalue weighted by molar-refractivity contribution is 5.80. The van der Waals surface area contributed by atoms with Gasteiger partial charge in [-0.15, -0.1) is 0 Å². The summed E-state index contributed by atoms with van der Waals surface area (Å²) in [6.45, 7) is 6.75. The van der Waals surface area contributed by atoms with Gasteiger partial charge in [-0.05, 0) is 20.3 Å². The van der Waals surface area contributed by atoms with Crippen molar-refractivity contribution in [1.29, 1.82) is 5.41 Å². The predicted molar refractivity (Wildman–Crippen MR) is 49.6 cm³/mol. The Morgan fingerprint density at radius 3 is 2.83 bits per heavy atom. The van der Waals surface area contributed by atoms with E-state index in [2.05, 4.69) is 4.90 Å². The van der Waals surface area contributed by atoms with Crippen LogP contribution in [0.15, 0.2) is 0 Å². The zero-order valence-electron chi connectivity index (χ0n) is 7.97. The van der Waals surface area contributed by atoms with Crippen molar-refractivity contribution in [2.45, 2.75) is 32.8 Å². The van der Waals surface area contributed by atoms with Gasteiger partial charge in [-0.2, -0.15) is 0 Å². The molecule has 0 bridgehead atoms. The van der Waals surface area contributed by atoms with Crippen LogP contribution in [0.1, 0.15) is 26.7 Å². The minimum Gasteiger partial charge on any atom is -0.377 e. The fraction of sp³-hybridized carbons (Fsp3) is 0.889. The average Bonchev–Trinajstić information content (AvgIpc) is 2.36. The van der Waals surface area contributed by atoms with E-state index in [9.17, 15) is 0 Å². The number of ether oxygens (including phenoxy) is 1. The Morgan fingerprint density at radius 2 is 2.33 bits per heavy atom.